The van der Waals surface area contributed by atoms with Crippen LogP contribution in [0, 0.1) is 13.8 Å². The van der Waals surface area contributed by atoms with E-state index in [-0.39, 0.29) is 22.9 Å². The molecule has 6 aromatic carbocycles. The lowest BCUT2D eigenvalue weighted by molar-refractivity contribution is 0.0926. The Morgan fingerprint density at radius 1 is 0.475 bits per heavy atom. The van der Waals surface area contributed by atoms with Crippen molar-refractivity contribution in [2.45, 2.75) is 58.4 Å². The molecule has 0 aliphatic carbocycles. The highest BCUT2D eigenvalue weighted by molar-refractivity contribution is 7.99. The topological polar surface area (TPSA) is 151 Å². The quantitative estimate of drug-likeness (QED) is 0.0722. The van der Waals surface area contributed by atoms with Gasteiger partial charge in [-0.05, 0) is 86.3 Å². The van der Waals surface area contributed by atoms with Crippen LogP contribution in [0.1, 0.15) is 43.0 Å². The Kier molecular flexibility index (Phi) is 14.5. The van der Waals surface area contributed by atoms with Crippen molar-refractivity contribution in [1.82, 2.24) is 20.1 Å². The summed E-state index contributed by atoms with van der Waals surface area (Å²) in [6.45, 7) is 3.65. The first-order valence-electron chi connectivity index (χ1n) is 19.0. The number of hydrogen-bond acceptors (Lipinski definition) is 7. The fraction of sp³-hybridized carbons (Fsp3) is 0.174. The van der Waals surface area contributed by atoms with Crippen LogP contribution in [0.25, 0.3) is 0 Å². The molecule has 2 amide bonds. The average molecular weight is 847 g/mol. The molecule has 304 valence electrons. The number of nitrogens with one attached hydrogen (secondary N) is 4. The molecule has 4 N–H and O–H groups in total. The van der Waals surface area contributed by atoms with Crippen molar-refractivity contribution in [3.63, 3.8) is 0 Å². The van der Waals surface area contributed by atoms with E-state index in [9.17, 15) is 26.4 Å². The maximum absolute atomic E-state index is 14.1. The van der Waals surface area contributed by atoms with Gasteiger partial charge in [0.2, 0.25) is 20.0 Å². The Balaban J connectivity index is 1.19. The van der Waals surface area contributed by atoms with E-state index in [0.717, 1.165) is 22.3 Å². The lowest BCUT2D eigenvalue weighted by Crippen LogP contribution is -2.45. The van der Waals surface area contributed by atoms with Gasteiger partial charge in [-0.15, -0.1) is 0 Å². The Morgan fingerprint density at radius 2 is 0.814 bits per heavy atom. The molecule has 0 radical (unpaired) electrons. The summed E-state index contributed by atoms with van der Waals surface area (Å²) in [5.74, 6) is -0.816. The zero-order valence-corrected chi connectivity index (χ0v) is 35.1. The summed E-state index contributed by atoms with van der Waals surface area (Å²) in [4.78, 5) is 29.5. The number of rotatable bonds is 18. The van der Waals surface area contributed by atoms with E-state index < -0.39 is 43.9 Å². The molecule has 10 nitrogen and oxygen atoms in total. The van der Waals surface area contributed by atoms with E-state index in [2.05, 4.69) is 20.1 Å². The van der Waals surface area contributed by atoms with Crippen molar-refractivity contribution in [3.8, 4) is 0 Å². The summed E-state index contributed by atoms with van der Waals surface area (Å²) < 4.78 is 58.2. The first kappa shape index (κ1) is 43.0. The molecular formula is C46H46N4O6S3. The third-order valence-electron chi connectivity index (χ3n) is 9.51. The van der Waals surface area contributed by atoms with Crippen molar-refractivity contribution < 1.29 is 26.4 Å². The van der Waals surface area contributed by atoms with Crippen LogP contribution in [0.15, 0.2) is 177 Å². The summed E-state index contributed by atoms with van der Waals surface area (Å²) in [6, 6.07) is 45.0. The average Bonchev–Trinajstić information content (AvgIpc) is 3.23. The normalized spacial score (nSPS) is 12.6. The molecule has 0 aliphatic rings. The van der Waals surface area contributed by atoms with Crippen LogP contribution in [0.3, 0.4) is 0 Å². The van der Waals surface area contributed by atoms with Gasteiger partial charge >= 0.3 is 0 Å². The van der Waals surface area contributed by atoms with E-state index in [1.165, 1.54) is 11.8 Å². The summed E-state index contributed by atoms with van der Waals surface area (Å²) >= 11 is 1.25. The van der Waals surface area contributed by atoms with Crippen LogP contribution >= 0.6 is 11.8 Å². The maximum Gasteiger partial charge on any atom is 0.252 e. The Hall–Kier alpha value is -5.57. The number of carbonyl (C=O) groups excluding carboxylic acids is 2. The molecule has 0 spiro atoms. The van der Waals surface area contributed by atoms with Crippen LogP contribution in [0.5, 0.6) is 0 Å². The van der Waals surface area contributed by atoms with Crippen LogP contribution in [-0.2, 0) is 32.9 Å². The van der Waals surface area contributed by atoms with Gasteiger partial charge in [-0.1, -0.05) is 132 Å². The standard InChI is InChI=1S/C46H46N4O6S3/c1-33-21-25-39(26-22-33)58(53,54)47-31-37(29-35-13-5-3-6-14-35)49-45(51)41-17-9-11-19-43(41)57-44-20-12-10-18-42(44)46(52)50-38(30-36-15-7-4-8-16-36)32-48-59(55,56)40-27-23-34(2)24-28-40/h3-28,37-38,47-48H,29-32H2,1-2H3,(H,49,51)(H,50,52)/t37-,38-/m0/s1. The number of aryl methyl sites for hydroxylation is 2. The van der Waals surface area contributed by atoms with Gasteiger partial charge in [-0.3, -0.25) is 9.59 Å². The predicted molar refractivity (Wildman–Crippen MR) is 233 cm³/mol. The SMILES string of the molecule is Cc1ccc(S(=O)(=O)NC[C@H](Cc2ccccc2)NC(=O)c2ccccc2Sc2ccccc2C(=O)N[C@H](CNS(=O)(=O)c2ccc(C)cc2)Cc2ccccc2)cc1. The predicted octanol–water partition coefficient (Wildman–Crippen LogP) is 7.09. The summed E-state index contributed by atoms with van der Waals surface area (Å²) in [5.41, 5.74) is 4.40. The third kappa shape index (κ3) is 12.2. The van der Waals surface area contributed by atoms with E-state index in [1.807, 2.05) is 74.5 Å². The first-order valence-corrected chi connectivity index (χ1v) is 22.8. The smallest absolute Gasteiger partial charge is 0.252 e. The van der Waals surface area contributed by atoms with E-state index in [1.54, 1.807) is 97.1 Å². The summed E-state index contributed by atoms with van der Waals surface area (Å²) in [6.07, 6.45) is 0.735. The van der Waals surface area contributed by atoms with Crippen LogP contribution in [-0.4, -0.2) is 53.8 Å². The van der Waals surface area contributed by atoms with Crippen molar-refractivity contribution in [2.24, 2.45) is 0 Å². The summed E-state index contributed by atoms with van der Waals surface area (Å²) in [7, 11) is -7.71. The fourth-order valence-corrected chi connectivity index (χ4v) is 9.53. The van der Waals surface area contributed by atoms with Gasteiger partial charge in [0.25, 0.3) is 11.8 Å². The molecule has 0 saturated heterocycles. The molecule has 0 fully saturated rings. The molecular weight excluding hydrogens is 801 g/mol. The molecule has 13 heteroatoms. The number of hydrogen-bond donors (Lipinski definition) is 4. The number of carbonyl (C=O) groups is 2. The molecule has 6 aromatic rings. The van der Waals surface area contributed by atoms with Crippen LogP contribution in [0.2, 0.25) is 0 Å². The minimum absolute atomic E-state index is 0.0551. The summed E-state index contributed by atoms with van der Waals surface area (Å²) in [5, 5.41) is 6.11. The minimum Gasteiger partial charge on any atom is -0.348 e. The molecule has 0 aromatic heterocycles. The van der Waals surface area contributed by atoms with Gasteiger partial charge < -0.3 is 10.6 Å². The lowest BCUT2D eigenvalue weighted by atomic mass is 10.1. The molecule has 2 atom stereocenters. The highest BCUT2D eigenvalue weighted by atomic mass is 32.2. The van der Waals surface area contributed by atoms with Crippen LogP contribution in [0.4, 0.5) is 0 Å². The molecule has 0 unspecified atom stereocenters. The second kappa shape index (κ2) is 19.9. The number of sulfonamides is 2. The molecule has 6 rings (SSSR count). The van der Waals surface area contributed by atoms with Gasteiger partial charge in [0.15, 0.2) is 0 Å². The third-order valence-corrected chi connectivity index (χ3v) is 13.5. The highest BCUT2D eigenvalue weighted by Crippen LogP contribution is 2.33. The Bertz CT molecular complexity index is 2390. The molecule has 0 heterocycles. The van der Waals surface area contributed by atoms with Crippen molar-refractivity contribution >= 4 is 43.6 Å². The fourth-order valence-electron chi connectivity index (χ4n) is 6.30. The highest BCUT2D eigenvalue weighted by Gasteiger charge is 2.24. The van der Waals surface area contributed by atoms with Gasteiger partial charge in [0.05, 0.1) is 20.9 Å². The Labute approximate surface area is 351 Å². The number of amides is 2. The van der Waals surface area contributed by atoms with Crippen molar-refractivity contribution in [1.29, 1.82) is 0 Å². The largest absolute Gasteiger partial charge is 0.348 e. The first-order chi connectivity index (χ1) is 28.4. The van der Waals surface area contributed by atoms with Gasteiger partial charge in [0.1, 0.15) is 0 Å². The monoisotopic (exact) mass is 846 g/mol. The van der Waals surface area contributed by atoms with Crippen LogP contribution < -0.4 is 20.1 Å². The number of benzene rings is 6. The molecule has 0 aliphatic heterocycles. The zero-order chi connectivity index (χ0) is 41.8. The van der Waals surface area contributed by atoms with Crippen molar-refractivity contribution in [2.75, 3.05) is 13.1 Å². The van der Waals surface area contributed by atoms with E-state index >= 15 is 0 Å². The Morgan fingerprint density at radius 3 is 1.19 bits per heavy atom. The maximum atomic E-state index is 14.1. The van der Waals surface area contributed by atoms with Gasteiger partial charge in [-0.2, -0.15) is 0 Å². The van der Waals surface area contributed by atoms with E-state index in [4.69, 9.17) is 0 Å². The van der Waals surface area contributed by atoms with Crippen molar-refractivity contribution in [3.05, 3.63) is 191 Å². The lowest BCUT2D eigenvalue weighted by Gasteiger charge is -2.21. The molecule has 59 heavy (non-hydrogen) atoms. The second-order valence-electron chi connectivity index (χ2n) is 14.1. The minimum atomic E-state index is -3.86. The van der Waals surface area contributed by atoms with Gasteiger partial charge in [-0.25, -0.2) is 26.3 Å². The second-order valence-corrected chi connectivity index (χ2v) is 18.8. The molecule has 0 bridgehead atoms. The molecule has 0 saturated carbocycles. The zero-order valence-electron chi connectivity index (χ0n) is 32.7. The van der Waals surface area contributed by atoms with Gasteiger partial charge in [0, 0.05) is 35.0 Å². The van der Waals surface area contributed by atoms with E-state index in [0.29, 0.717) is 33.8 Å².